The van der Waals surface area contributed by atoms with Crippen LogP contribution in [-0.2, 0) is 15.4 Å². The fourth-order valence-electron chi connectivity index (χ4n) is 1.10. The molecule has 0 heterocycles. The fraction of sp³-hybridized carbons (Fsp3) is 0.333. The average molecular weight is 200 g/mol. The summed E-state index contributed by atoms with van der Waals surface area (Å²) in [4.78, 5) is 8.17. The average Bonchev–Trinajstić information content (AvgIpc) is 2.19. The van der Waals surface area contributed by atoms with E-state index < -0.39 is 5.60 Å². The van der Waals surface area contributed by atoms with Gasteiger partial charge >= 0.3 is 0 Å². The number of benzene rings is 1. The Kier molecular flexibility index (Phi) is 3.43. The first-order valence-corrected chi connectivity index (χ1v) is 4.01. The minimum atomic E-state index is -1.15. The van der Waals surface area contributed by atoms with Crippen LogP contribution in [0.3, 0.4) is 0 Å². The van der Waals surface area contributed by atoms with Gasteiger partial charge in [-0.25, -0.2) is 9.78 Å². The summed E-state index contributed by atoms with van der Waals surface area (Å²) in [7, 11) is 0. The van der Waals surface area contributed by atoms with Crippen LogP contribution in [0.4, 0.5) is 0 Å². The van der Waals surface area contributed by atoms with Crippen molar-refractivity contribution in [2.24, 2.45) is 0 Å². The molecule has 1 aromatic rings. The van der Waals surface area contributed by atoms with Gasteiger partial charge < -0.3 is 5.11 Å². The minimum absolute atomic E-state index is 0.110. The predicted octanol–water partition coefficient (Wildman–Crippen LogP) is 1.59. The van der Waals surface area contributed by atoms with E-state index in [1.165, 1.54) is 19.1 Å². The number of hydrogen-bond acceptors (Lipinski definition) is 5. The van der Waals surface area contributed by atoms with Crippen molar-refractivity contribution < 1.29 is 25.4 Å². The van der Waals surface area contributed by atoms with Gasteiger partial charge in [-0.05, 0) is 24.6 Å². The van der Waals surface area contributed by atoms with Crippen LogP contribution in [0, 0.1) is 0 Å². The van der Waals surface area contributed by atoms with E-state index in [0.29, 0.717) is 5.56 Å². The molecule has 0 amide bonds. The van der Waals surface area contributed by atoms with Crippen LogP contribution in [-0.4, -0.2) is 22.2 Å². The van der Waals surface area contributed by atoms with Crippen molar-refractivity contribution in [2.75, 3.05) is 6.61 Å². The Morgan fingerprint density at radius 1 is 1.21 bits per heavy atom. The third-order valence-corrected chi connectivity index (χ3v) is 2.02. The summed E-state index contributed by atoms with van der Waals surface area (Å²) in [6.07, 6.45) is 0. The highest BCUT2D eigenvalue weighted by atomic mass is 17.1. The highest BCUT2D eigenvalue weighted by Crippen LogP contribution is 2.26. The third kappa shape index (κ3) is 2.21. The Bertz CT molecular complexity index is 284. The Labute approximate surface area is 81.0 Å². The van der Waals surface area contributed by atoms with E-state index in [1.54, 1.807) is 12.1 Å². The van der Waals surface area contributed by atoms with E-state index >= 15 is 0 Å². The van der Waals surface area contributed by atoms with Gasteiger partial charge in [-0.1, -0.05) is 12.1 Å². The topological polar surface area (TPSA) is 79.2 Å². The van der Waals surface area contributed by atoms with Crippen molar-refractivity contribution in [3.63, 3.8) is 0 Å². The Balaban J connectivity index is 2.94. The first kappa shape index (κ1) is 10.9. The number of aromatic hydroxyl groups is 1. The van der Waals surface area contributed by atoms with Gasteiger partial charge in [0.1, 0.15) is 12.4 Å². The van der Waals surface area contributed by atoms with Crippen molar-refractivity contribution in [1.82, 2.24) is 0 Å². The smallest absolute Gasteiger partial charge is 0.152 e. The van der Waals surface area contributed by atoms with E-state index in [0.717, 1.165) is 0 Å². The molecule has 0 bridgehead atoms. The van der Waals surface area contributed by atoms with Crippen molar-refractivity contribution in [1.29, 1.82) is 0 Å². The fourth-order valence-corrected chi connectivity index (χ4v) is 1.10. The van der Waals surface area contributed by atoms with E-state index in [4.69, 9.17) is 15.6 Å². The largest absolute Gasteiger partial charge is 0.508 e. The summed E-state index contributed by atoms with van der Waals surface area (Å²) >= 11 is 0. The van der Waals surface area contributed by atoms with Gasteiger partial charge in [0.25, 0.3) is 0 Å². The maximum atomic E-state index is 9.04. The number of rotatable bonds is 4. The monoisotopic (exact) mass is 200 g/mol. The number of phenols is 1. The van der Waals surface area contributed by atoms with Crippen LogP contribution in [0.5, 0.6) is 5.75 Å². The molecule has 0 aliphatic heterocycles. The molecule has 14 heavy (non-hydrogen) atoms. The van der Waals surface area contributed by atoms with Gasteiger partial charge in [-0.3, -0.25) is 10.5 Å². The van der Waals surface area contributed by atoms with E-state index in [2.05, 4.69) is 9.78 Å². The van der Waals surface area contributed by atoms with Gasteiger partial charge in [0.15, 0.2) is 5.60 Å². The van der Waals surface area contributed by atoms with Crippen molar-refractivity contribution in [3.8, 4) is 5.75 Å². The quantitative estimate of drug-likeness (QED) is 0.508. The predicted molar refractivity (Wildman–Crippen MR) is 47.8 cm³/mol. The molecule has 1 aromatic carbocycles. The molecule has 5 heteroatoms. The molecule has 1 atom stereocenters. The van der Waals surface area contributed by atoms with Crippen molar-refractivity contribution in [2.45, 2.75) is 12.5 Å². The zero-order valence-corrected chi connectivity index (χ0v) is 7.67. The van der Waals surface area contributed by atoms with E-state index in [9.17, 15) is 0 Å². The lowest BCUT2D eigenvalue weighted by Crippen LogP contribution is -2.30. The molecule has 0 radical (unpaired) electrons. The zero-order valence-electron chi connectivity index (χ0n) is 7.67. The molecule has 3 N–H and O–H groups in total. The van der Waals surface area contributed by atoms with Crippen molar-refractivity contribution >= 4 is 0 Å². The summed E-state index contributed by atoms with van der Waals surface area (Å²) in [6.45, 7) is 1.32. The van der Waals surface area contributed by atoms with Gasteiger partial charge in [0, 0.05) is 0 Å². The minimum Gasteiger partial charge on any atom is -0.508 e. The molecule has 0 aliphatic rings. The highest BCUT2D eigenvalue weighted by Gasteiger charge is 2.29. The van der Waals surface area contributed by atoms with E-state index in [1.807, 2.05) is 0 Å². The molecule has 1 rings (SSSR count). The Hall–Kier alpha value is -1.14. The normalized spacial score (nSPS) is 15.1. The zero-order chi connectivity index (χ0) is 10.6. The second kappa shape index (κ2) is 4.39. The van der Waals surface area contributed by atoms with E-state index in [-0.39, 0.29) is 12.4 Å². The number of phenolic OH excluding ortho intramolecular Hbond substituents is 1. The van der Waals surface area contributed by atoms with Crippen LogP contribution in [0.1, 0.15) is 12.5 Å². The summed E-state index contributed by atoms with van der Waals surface area (Å²) in [5, 5.41) is 26.0. The summed E-state index contributed by atoms with van der Waals surface area (Å²) in [5.74, 6) is 0.110. The summed E-state index contributed by atoms with van der Waals surface area (Å²) < 4.78 is 0. The lowest BCUT2D eigenvalue weighted by Gasteiger charge is -2.24. The molecule has 5 nitrogen and oxygen atoms in total. The third-order valence-electron chi connectivity index (χ3n) is 2.02. The summed E-state index contributed by atoms with van der Waals surface area (Å²) in [6, 6.07) is 6.02. The SMILES string of the molecule is CC(COO)(OO)c1ccc(O)cc1. The molecule has 78 valence electrons. The van der Waals surface area contributed by atoms with Gasteiger partial charge in [-0.2, -0.15) is 0 Å². The molecule has 0 spiro atoms. The first-order valence-electron chi connectivity index (χ1n) is 4.01. The molecule has 0 saturated heterocycles. The standard InChI is InChI=1S/C9H12O5/c1-9(14-12,6-13-11)7-2-4-8(10)5-3-7/h2-5,10-12H,6H2,1H3. The molecular formula is C9H12O5. The van der Waals surface area contributed by atoms with Crippen molar-refractivity contribution in [3.05, 3.63) is 29.8 Å². The lowest BCUT2D eigenvalue weighted by molar-refractivity contribution is -0.366. The molecule has 0 aliphatic carbocycles. The Morgan fingerprint density at radius 3 is 2.21 bits per heavy atom. The molecule has 0 aromatic heterocycles. The molecule has 1 unspecified atom stereocenters. The van der Waals surface area contributed by atoms with Gasteiger partial charge in [-0.15, -0.1) is 0 Å². The maximum absolute atomic E-state index is 9.04. The Morgan fingerprint density at radius 2 is 1.79 bits per heavy atom. The number of hydrogen-bond donors (Lipinski definition) is 3. The van der Waals surface area contributed by atoms with Crippen LogP contribution in [0.15, 0.2) is 24.3 Å². The highest BCUT2D eigenvalue weighted by molar-refractivity contribution is 5.29. The van der Waals surface area contributed by atoms with Gasteiger partial charge in [0.05, 0.1) is 0 Å². The molecule has 0 saturated carbocycles. The first-order chi connectivity index (χ1) is 6.62. The summed E-state index contributed by atoms with van der Waals surface area (Å²) in [5.41, 5.74) is -0.575. The lowest BCUT2D eigenvalue weighted by atomic mass is 9.97. The maximum Gasteiger partial charge on any atom is 0.152 e. The van der Waals surface area contributed by atoms with Gasteiger partial charge in [0.2, 0.25) is 0 Å². The van der Waals surface area contributed by atoms with Crippen LogP contribution in [0.2, 0.25) is 0 Å². The van der Waals surface area contributed by atoms with Crippen LogP contribution in [0.25, 0.3) is 0 Å². The van der Waals surface area contributed by atoms with Crippen LogP contribution < -0.4 is 0 Å². The molecular weight excluding hydrogens is 188 g/mol. The molecule has 0 fully saturated rings. The second-order valence-corrected chi connectivity index (χ2v) is 3.14. The second-order valence-electron chi connectivity index (χ2n) is 3.14. The van der Waals surface area contributed by atoms with Crippen LogP contribution >= 0.6 is 0 Å².